The van der Waals surface area contributed by atoms with E-state index in [1.54, 1.807) is 12.3 Å². The van der Waals surface area contributed by atoms with Gasteiger partial charge in [0.15, 0.2) is 0 Å². The highest BCUT2D eigenvalue weighted by molar-refractivity contribution is 7.99. The number of anilines is 1. The smallest absolute Gasteiger partial charge is 0.320 e. The van der Waals surface area contributed by atoms with Gasteiger partial charge in [-0.25, -0.2) is 9.78 Å². The fourth-order valence-corrected chi connectivity index (χ4v) is 3.36. The number of hydrogen-bond acceptors (Lipinski definition) is 3. The first-order chi connectivity index (χ1) is 9.83. The summed E-state index contributed by atoms with van der Waals surface area (Å²) >= 11 is 1.84. The second kappa shape index (κ2) is 5.96. The molecule has 0 spiro atoms. The number of benzene rings is 1. The average Bonchev–Trinajstić information content (AvgIpc) is 2.48. The van der Waals surface area contributed by atoms with Crippen LogP contribution in [0.1, 0.15) is 18.0 Å². The Labute approximate surface area is 122 Å². The molecule has 0 saturated heterocycles. The van der Waals surface area contributed by atoms with Crippen LogP contribution >= 0.6 is 11.8 Å². The van der Waals surface area contributed by atoms with Crippen molar-refractivity contribution in [2.24, 2.45) is 0 Å². The van der Waals surface area contributed by atoms with Crippen molar-refractivity contribution in [3.8, 4) is 0 Å². The summed E-state index contributed by atoms with van der Waals surface area (Å²) in [6.07, 6.45) is 2.60. The molecule has 2 amide bonds. The SMILES string of the molecule is O=C(Nc1ccccn1)NC1CCSc2ccccc21. The summed E-state index contributed by atoms with van der Waals surface area (Å²) < 4.78 is 0. The lowest BCUT2D eigenvalue weighted by atomic mass is 10.0. The van der Waals surface area contributed by atoms with Crippen molar-refractivity contribution < 1.29 is 4.79 Å². The van der Waals surface area contributed by atoms with Crippen LogP contribution in [0.4, 0.5) is 10.6 Å². The molecule has 1 aromatic carbocycles. The summed E-state index contributed by atoms with van der Waals surface area (Å²) in [6.45, 7) is 0. The molecular formula is C15H15N3OS. The quantitative estimate of drug-likeness (QED) is 0.888. The number of carbonyl (C=O) groups excluding carboxylic acids is 1. The molecular weight excluding hydrogens is 270 g/mol. The second-order valence-electron chi connectivity index (χ2n) is 4.54. The predicted octanol–water partition coefficient (Wildman–Crippen LogP) is 3.44. The molecule has 2 aromatic rings. The van der Waals surface area contributed by atoms with Crippen molar-refractivity contribution >= 4 is 23.6 Å². The van der Waals surface area contributed by atoms with E-state index in [1.165, 1.54) is 10.5 Å². The van der Waals surface area contributed by atoms with Gasteiger partial charge in [-0.05, 0) is 30.2 Å². The Hall–Kier alpha value is -2.01. The highest BCUT2D eigenvalue weighted by Crippen LogP contribution is 2.35. The van der Waals surface area contributed by atoms with Gasteiger partial charge in [0.2, 0.25) is 0 Å². The molecule has 1 atom stereocenters. The largest absolute Gasteiger partial charge is 0.331 e. The minimum absolute atomic E-state index is 0.0659. The molecule has 0 fully saturated rings. The van der Waals surface area contributed by atoms with Gasteiger partial charge in [-0.2, -0.15) is 0 Å². The lowest BCUT2D eigenvalue weighted by molar-refractivity contribution is 0.248. The summed E-state index contributed by atoms with van der Waals surface area (Å²) in [7, 11) is 0. The summed E-state index contributed by atoms with van der Waals surface area (Å²) in [4.78, 5) is 17.4. The van der Waals surface area contributed by atoms with Gasteiger partial charge >= 0.3 is 6.03 Å². The fourth-order valence-electron chi connectivity index (χ4n) is 2.24. The van der Waals surface area contributed by atoms with Crippen LogP contribution in [-0.2, 0) is 0 Å². The number of nitrogens with zero attached hydrogens (tertiary/aromatic N) is 1. The van der Waals surface area contributed by atoms with Crippen LogP contribution < -0.4 is 10.6 Å². The number of nitrogens with one attached hydrogen (secondary N) is 2. The summed E-state index contributed by atoms with van der Waals surface area (Å²) in [5.74, 6) is 1.58. The average molecular weight is 285 g/mol. The molecule has 20 heavy (non-hydrogen) atoms. The van der Waals surface area contributed by atoms with Gasteiger partial charge in [0.05, 0.1) is 6.04 Å². The molecule has 102 valence electrons. The molecule has 1 aromatic heterocycles. The van der Waals surface area contributed by atoms with E-state index in [0.717, 1.165) is 12.2 Å². The zero-order valence-corrected chi connectivity index (χ0v) is 11.7. The number of thioether (sulfide) groups is 1. The number of rotatable bonds is 2. The maximum absolute atomic E-state index is 12.0. The summed E-state index contributed by atoms with van der Waals surface area (Å²) in [5.41, 5.74) is 1.19. The van der Waals surface area contributed by atoms with Crippen molar-refractivity contribution in [1.82, 2.24) is 10.3 Å². The van der Waals surface area contributed by atoms with E-state index in [-0.39, 0.29) is 12.1 Å². The van der Waals surface area contributed by atoms with E-state index in [0.29, 0.717) is 5.82 Å². The first-order valence-corrected chi connectivity index (χ1v) is 7.52. The summed E-state index contributed by atoms with van der Waals surface area (Å²) in [5, 5.41) is 5.77. The summed E-state index contributed by atoms with van der Waals surface area (Å²) in [6, 6.07) is 13.5. The molecule has 1 unspecified atom stereocenters. The van der Waals surface area contributed by atoms with Crippen LogP contribution in [0, 0.1) is 0 Å². The van der Waals surface area contributed by atoms with E-state index < -0.39 is 0 Å². The monoisotopic (exact) mass is 285 g/mol. The molecule has 1 aliphatic rings. The minimum Gasteiger partial charge on any atom is -0.331 e. The maximum atomic E-state index is 12.0. The number of fused-ring (bicyclic) bond motifs is 1. The Balaban J connectivity index is 1.68. The fraction of sp³-hybridized carbons (Fsp3) is 0.200. The first kappa shape index (κ1) is 13.0. The lowest BCUT2D eigenvalue weighted by Gasteiger charge is -2.25. The second-order valence-corrected chi connectivity index (χ2v) is 5.68. The maximum Gasteiger partial charge on any atom is 0.320 e. The van der Waals surface area contributed by atoms with Gasteiger partial charge in [0.1, 0.15) is 5.82 Å². The minimum atomic E-state index is -0.213. The van der Waals surface area contributed by atoms with Gasteiger partial charge in [-0.15, -0.1) is 11.8 Å². The number of urea groups is 1. The molecule has 3 rings (SSSR count). The van der Waals surface area contributed by atoms with E-state index in [1.807, 2.05) is 36.0 Å². The van der Waals surface area contributed by atoms with Gasteiger partial charge in [0.25, 0.3) is 0 Å². The topological polar surface area (TPSA) is 54.0 Å². The third-order valence-electron chi connectivity index (χ3n) is 3.17. The molecule has 0 aliphatic carbocycles. The Bertz CT molecular complexity index is 603. The van der Waals surface area contributed by atoms with Gasteiger partial charge in [-0.1, -0.05) is 24.3 Å². The Morgan fingerprint density at radius 1 is 1.20 bits per heavy atom. The van der Waals surface area contributed by atoms with E-state index in [4.69, 9.17) is 0 Å². The highest BCUT2D eigenvalue weighted by Gasteiger charge is 2.21. The normalized spacial score (nSPS) is 17.1. The number of aromatic nitrogens is 1. The third kappa shape index (κ3) is 2.93. The van der Waals surface area contributed by atoms with Crippen molar-refractivity contribution in [2.75, 3.05) is 11.1 Å². The molecule has 0 bridgehead atoms. The van der Waals surface area contributed by atoms with E-state index in [9.17, 15) is 4.79 Å². The van der Waals surface area contributed by atoms with E-state index in [2.05, 4.69) is 27.8 Å². The number of carbonyl (C=O) groups is 1. The van der Waals surface area contributed by atoms with Crippen LogP contribution in [0.2, 0.25) is 0 Å². The van der Waals surface area contributed by atoms with Gasteiger partial charge < -0.3 is 5.32 Å². The number of pyridine rings is 1. The predicted molar refractivity (Wildman–Crippen MR) is 80.9 cm³/mol. The first-order valence-electron chi connectivity index (χ1n) is 6.53. The molecule has 0 radical (unpaired) electrons. The van der Waals surface area contributed by atoms with Crippen molar-refractivity contribution in [3.05, 3.63) is 54.2 Å². The number of hydrogen-bond donors (Lipinski definition) is 2. The van der Waals surface area contributed by atoms with Crippen LogP contribution in [0.15, 0.2) is 53.6 Å². The van der Waals surface area contributed by atoms with Crippen molar-refractivity contribution in [3.63, 3.8) is 0 Å². The Morgan fingerprint density at radius 3 is 2.90 bits per heavy atom. The Morgan fingerprint density at radius 2 is 2.05 bits per heavy atom. The molecule has 2 N–H and O–H groups in total. The molecule has 5 heteroatoms. The number of amides is 2. The molecule has 2 heterocycles. The van der Waals surface area contributed by atoms with Crippen molar-refractivity contribution in [1.29, 1.82) is 0 Å². The van der Waals surface area contributed by atoms with Crippen molar-refractivity contribution in [2.45, 2.75) is 17.4 Å². The third-order valence-corrected chi connectivity index (χ3v) is 4.29. The van der Waals surface area contributed by atoms with Crippen LogP contribution in [-0.4, -0.2) is 16.8 Å². The molecule has 0 saturated carbocycles. The van der Waals surface area contributed by atoms with Crippen LogP contribution in [0.25, 0.3) is 0 Å². The van der Waals surface area contributed by atoms with Gasteiger partial charge in [-0.3, -0.25) is 5.32 Å². The zero-order valence-electron chi connectivity index (χ0n) is 10.9. The lowest BCUT2D eigenvalue weighted by Crippen LogP contribution is -2.34. The molecule has 1 aliphatic heterocycles. The van der Waals surface area contributed by atoms with Gasteiger partial charge in [0, 0.05) is 16.8 Å². The molecule has 4 nitrogen and oxygen atoms in total. The van der Waals surface area contributed by atoms with Crippen LogP contribution in [0.5, 0.6) is 0 Å². The zero-order chi connectivity index (χ0) is 13.8. The van der Waals surface area contributed by atoms with Crippen LogP contribution in [0.3, 0.4) is 0 Å². The van der Waals surface area contributed by atoms with E-state index >= 15 is 0 Å². The standard InChI is InChI=1S/C15H15N3OS/c19-15(18-14-7-3-4-9-16-14)17-12-8-10-20-13-6-2-1-5-11(12)13/h1-7,9,12H,8,10H2,(H2,16,17,18,19). The highest BCUT2D eigenvalue weighted by atomic mass is 32.2. The Kier molecular flexibility index (Phi) is 3.87.